The molecular weight excluding hydrogens is 106 g/mol. The summed E-state index contributed by atoms with van der Waals surface area (Å²) in [4.78, 5) is 10.2. The molecule has 0 saturated heterocycles. The van der Waals surface area contributed by atoms with Crippen molar-refractivity contribution in [2.75, 3.05) is 6.61 Å². The van der Waals surface area contributed by atoms with E-state index in [0.717, 1.165) is 0 Å². The van der Waals surface area contributed by atoms with E-state index in [9.17, 15) is 4.79 Å². The van der Waals surface area contributed by atoms with E-state index in [1.54, 1.807) is 0 Å². The minimum Gasteiger partial charge on any atom is -0.392 e. The molecule has 8 heavy (non-hydrogen) atoms. The van der Waals surface area contributed by atoms with E-state index in [1.807, 2.05) is 0 Å². The fourth-order valence-electron chi connectivity index (χ4n) is 0.180. The first-order valence-corrected chi connectivity index (χ1v) is 2.05. The minimum absolute atomic E-state index is 0.0556. The molecule has 0 aromatic rings. The second-order valence-corrected chi connectivity index (χ2v) is 1.27. The molecule has 0 bridgehead atoms. The average Bonchev–Trinajstić information content (AvgIpc) is 1.84. The van der Waals surface area contributed by atoms with Gasteiger partial charge in [0.1, 0.15) is 0 Å². The Labute approximate surface area is 47.2 Å². The molecule has 0 spiro atoms. The summed E-state index contributed by atoms with van der Waals surface area (Å²) >= 11 is 0. The first kappa shape index (κ1) is 7.04. The number of carbonyl (C=O) groups excluding carboxylic acids is 1. The summed E-state index contributed by atoms with van der Waals surface area (Å²) in [6.07, 6.45) is 0.624. The summed E-state index contributed by atoms with van der Waals surface area (Å²) in [6.45, 7) is 2.83. The standard InChI is InChI=1S/C5H7NO2/c1-4(3-7)5(8)2-6/h2,6-7H,1,3H2. The van der Waals surface area contributed by atoms with Gasteiger partial charge in [0.15, 0.2) is 0 Å². The van der Waals surface area contributed by atoms with Crippen LogP contribution < -0.4 is 0 Å². The normalized spacial score (nSPS) is 8.12. The summed E-state index contributed by atoms with van der Waals surface area (Å²) in [6, 6.07) is 0. The predicted octanol–water partition coefficient (Wildman–Crippen LogP) is -0.246. The third-order valence-electron chi connectivity index (χ3n) is 0.670. The molecule has 3 heteroatoms. The molecular formula is C5H7NO2. The van der Waals surface area contributed by atoms with Gasteiger partial charge >= 0.3 is 0 Å². The lowest BCUT2D eigenvalue weighted by molar-refractivity contribution is -0.109. The highest BCUT2D eigenvalue weighted by molar-refractivity contribution is 6.33. The Morgan fingerprint density at radius 3 is 2.50 bits per heavy atom. The van der Waals surface area contributed by atoms with Crippen LogP contribution in [0.25, 0.3) is 0 Å². The fourth-order valence-corrected chi connectivity index (χ4v) is 0.180. The number of ketones is 1. The molecule has 0 radical (unpaired) electrons. The molecule has 3 nitrogen and oxygen atoms in total. The van der Waals surface area contributed by atoms with Crippen molar-refractivity contribution in [3.8, 4) is 0 Å². The van der Waals surface area contributed by atoms with Crippen LogP contribution in [0.2, 0.25) is 0 Å². The van der Waals surface area contributed by atoms with Gasteiger partial charge in [0.05, 0.1) is 12.8 Å². The van der Waals surface area contributed by atoms with Gasteiger partial charge in [-0.25, -0.2) is 0 Å². The molecule has 0 aliphatic rings. The van der Waals surface area contributed by atoms with Crippen molar-refractivity contribution < 1.29 is 9.90 Å². The molecule has 0 amide bonds. The van der Waals surface area contributed by atoms with E-state index in [4.69, 9.17) is 10.5 Å². The van der Waals surface area contributed by atoms with E-state index in [0.29, 0.717) is 6.21 Å². The number of aliphatic hydroxyl groups excluding tert-OH is 1. The van der Waals surface area contributed by atoms with Crippen molar-refractivity contribution in [1.82, 2.24) is 0 Å². The van der Waals surface area contributed by atoms with Crippen LogP contribution in [0.4, 0.5) is 0 Å². The maximum absolute atomic E-state index is 10.2. The Morgan fingerprint density at radius 1 is 1.88 bits per heavy atom. The summed E-state index contributed by atoms with van der Waals surface area (Å²) in [5.41, 5.74) is 0.0556. The van der Waals surface area contributed by atoms with Crippen molar-refractivity contribution in [3.05, 3.63) is 12.2 Å². The van der Waals surface area contributed by atoms with Gasteiger partial charge in [-0.1, -0.05) is 6.58 Å². The number of carbonyl (C=O) groups is 1. The third-order valence-corrected chi connectivity index (χ3v) is 0.670. The van der Waals surface area contributed by atoms with Gasteiger partial charge in [-0.2, -0.15) is 0 Å². The van der Waals surface area contributed by atoms with E-state index in [1.165, 1.54) is 0 Å². The molecule has 44 valence electrons. The predicted molar refractivity (Wildman–Crippen MR) is 30.0 cm³/mol. The van der Waals surface area contributed by atoms with Crippen molar-refractivity contribution in [1.29, 1.82) is 5.41 Å². The maximum Gasteiger partial charge on any atom is 0.200 e. The minimum atomic E-state index is -0.521. The van der Waals surface area contributed by atoms with E-state index >= 15 is 0 Å². The molecule has 0 aliphatic heterocycles. The zero-order valence-electron chi connectivity index (χ0n) is 4.35. The molecule has 0 aromatic carbocycles. The smallest absolute Gasteiger partial charge is 0.200 e. The summed E-state index contributed by atoms with van der Waals surface area (Å²) < 4.78 is 0. The van der Waals surface area contributed by atoms with E-state index in [-0.39, 0.29) is 12.2 Å². The van der Waals surface area contributed by atoms with Gasteiger partial charge in [0.25, 0.3) is 0 Å². The average molecular weight is 113 g/mol. The fraction of sp³-hybridized carbons (Fsp3) is 0.200. The lowest BCUT2D eigenvalue weighted by Gasteiger charge is -1.89. The lowest BCUT2D eigenvalue weighted by atomic mass is 10.2. The third kappa shape index (κ3) is 1.66. The Balaban J connectivity index is 3.82. The van der Waals surface area contributed by atoms with Crippen LogP contribution in [-0.4, -0.2) is 23.7 Å². The van der Waals surface area contributed by atoms with Gasteiger partial charge in [-0.3, -0.25) is 4.79 Å². The number of hydrogen-bond acceptors (Lipinski definition) is 3. The van der Waals surface area contributed by atoms with Crippen LogP contribution in [0.3, 0.4) is 0 Å². The van der Waals surface area contributed by atoms with Crippen LogP contribution >= 0.6 is 0 Å². The number of rotatable bonds is 3. The van der Waals surface area contributed by atoms with Gasteiger partial charge in [0, 0.05) is 5.57 Å². The molecule has 0 aliphatic carbocycles. The highest BCUT2D eigenvalue weighted by Crippen LogP contribution is 1.84. The van der Waals surface area contributed by atoms with Crippen LogP contribution in [0.1, 0.15) is 0 Å². The maximum atomic E-state index is 10.2. The van der Waals surface area contributed by atoms with Crippen molar-refractivity contribution in [2.24, 2.45) is 0 Å². The van der Waals surface area contributed by atoms with Crippen molar-refractivity contribution in [3.63, 3.8) is 0 Å². The van der Waals surface area contributed by atoms with Crippen LogP contribution in [0, 0.1) is 5.41 Å². The lowest BCUT2D eigenvalue weighted by Crippen LogP contribution is -2.04. The topological polar surface area (TPSA) is 61.1 Å². The number of aliphatic hydroxyl groups is 1. The molecule has 0 rings (SSSR count). The van der Waals surface area contributed by atoms with Crippen LogP contribution in [-0.2, 0) is 4.79 Å². The molecule has 0 atom stereocenters. The number of hydrogen-bond donors (Lipinski definition) is 2. The van der Waals surface area contributed by atoms with Crippen molar-refractivity contribution >= 4 is 12.0 Å². The van der Waals surface area contributed by atoms with Gasteiger partial charge in [-0.15, -0.1) is 0 Å². The second-order valence-electron chi connectivity index (χ2n) is 1.27. The number of nitrogens with one attached hydrogen (secondary N) is 1. The molecule has 0 fully saturated rings. The zero-order valence-corrected chi connectivity index (χ0v) is 4.35. The molecule has 0 heterocycles. The largest absolute Gasteiger partial charge is 0.392 e. The first-order valence-electron chi connectivity index (χ1n) is 2.05. The van der Waals surface area contributed by atoms with E-state index in [2.05, 4.69) is 6.58 Å². The highest BCUT2D eigenvalue weighted by Gasteiger charge is 1.98. The quantitative estimate of drug-likeness (QED) is 0.391. The van der Waals surface area contributed by atoms with Crippen molar-refractivity contribution in [2.45, 2.75) is 0 Å². The van der Waals surface area contributed by atoms with Gasteiger partial charge in [0.2, 0.25) is 5.78 Å². The SMILES string of the molecule is C=C(CO)C(=O)C=N. The van der Waals surface area contributed by atoms with Gasteiger partial charge < -0.3 is 10.5 Å². The Morgan fingerprint density at radius 2 is 2.38 bits per heavy atom. The summed E-state index contributed by atoms with van der Waals surface area (Å²) in [5, 5.41) is 14.6. The Hall–Kier alpha value is -0.960. The van der Waals surface area contributed by atoms with Crippen LogP contribution in [0.15, 0.2) is 12.2 Å². The molecule has 0 aromatic heterocycles. The van der Waals surface area contributed by atoms with Crippen LogP contribution in [0.5, 0.6) is 0 Å². The zero-order chi connectivity index (χ0) is 6.57. The van der Waals surface area contributed by atoms with Gasteiger partial charge in [-0.05, 0) is 0 Å². The monoisotopic (exact) mass is 113 g/mol. The second kappa shape index (κ2) is 3.10. The Kier molecular flexibility index (Phi) is 2.72. The molecule has 0 saturated carbocycles. The highest BCUT2D eigenvalue weighted by atomic mass is 16.3. The molecule has 2 N–H and O–H groups in total. The first-order chi connectivity index (χ1) is 3.72. The summed E-state index contributed by atoms with van der Waals surface area (Å²) in [7, 11) is 0. The van der Waals surface area contributed by atoms with E-state index < -0.39 is 5.78 Å². The number of Topliss-reactive ketones (excluding diaryl/α,β-unsaturated/α-hetero) is 1. The Bertz CT molecular complexity index is 128. The summed E-state index contributed by atoms with van der Waals surface area (Å²) in [5.74, 6) is -0.521. The molecule has 0 unspecified atom stereocenters.